The summed E-state index contributed by atoms with van der Waals surface area (Å²) in [7, 11) is 0. The molecule has 5 aromatic rings. The number of aryl methyl sites for hydroxylation is 2. The summed E-state index contributed by atoms with van der Waals surface area (Å²) in [5.41, 5.74) is 5.18. The van der Waals surface area contributed by atoms with Crippen LogP contribution in [0, 0.1) is 6.92 Å². The third-order valence-corrected chi connectivity index (χ3v) is 5.19. The largest absolute Gasteiger partial charge is 0.312 e. The van der Waals surface area contributed by atoms with Gasteiger partial charge in [-0.05, 0) is 37.4 Å². The van der Waals surface area contributed by atoms with E-state index in [2.05, 4.69) is 89.7 Å². The standard InChI is InChI=1S/C22H19N2/c1-3-23-14-18-21-13-12-16-8-4-6-10-19(16)24(21)15(2)22(18)17-9-5-7-11-20(17)23/h4-14H,3H2,1-2H3/q+1. The molecule has 3 aromatic heterocycles. The molecule has 0 aliphatic carbocycles. The van der Waals surface area contributed by atoms with Gasteiger partial charge < -0.3 is 4.40 Å². The van der Waals surface area contributed by atoms with Crippen molar-refractivity contribution in [3.63, 3.8) is 0 Å². The van der Waals surface area contributed by atoms with Gasteiger partial charge in [-0.15, -0.1) is 0 Å². The molecule has 0 radical (unpaired) electrons. The maximum Gasteiger partial charge on any atom is 0.213 e. The molecule has 116 valence electrons. The van der Waals surface area contributed by atoms with Crippen LogP contribution in [0.4, 0.5) is 0 Å². The molecule has 0 amide bonds. The van der Waals surface area contributed by atoms with Crippen molar-refractivity contribution in [3.8, 4) is 0 Å². The van der Waals surface area contributed by atoms with Crippen molar-refractivity contribution in [3.05, 3.63) is 72.6 Å². The van der Waals surface area contributed by atoms with Crippen LogP contribution >= 0.6 is 0 Å². The number of nitrogens with zero attached hydrogens (tertiary/aromatic N) is 2. The minimum Gasteiger partial charge on any atom is -0.312 e. The van der Waals surface area contributed by atoms with E-state index in [1.54, 1.807) is 0 Å². The van der Waals surface area contributed by atoms with Crippen LogP contribution in [-0.4, -0.2) is 4.40 Å². The number of rotatable bonds is 1. The topological polar surface area (TPSA) is 8.29 Å². The lowest BCUT2D eigenvalue weighted by Gasteiger charge is -2.04. The zero-order valence-corrected chi connectivity index (χ0v) is 14.0. The molecule has 5 rings (SSSR count). The highest BCUT2D eigenvalue weighted by Crippen LogP contribution is 2.33. The van der Waals surface area contributed by atoms with Crippen LogP contribution < -0.4 is 4.57 Å². The molecule has 2 aromatic carbocycles. The van der Waals surface area contributed by atoms with E-state index in [0.29, 0.717) is 0 Å². The van der Waals surface area contributed by atoms with Crippen molar-refractivity contribution in [1.82, 2.24) is 4.40 Å². The van der Waals surface area contributed by atoms with Crippen LogP contribution in [0.15, 0.2) is 66.9 Å². The van der Waals surface area contributed by atoms with E-state index in [0.717, 1.165) is 6.54 Å². The van der Waals surface area contributed by atoms with Gasteiger partial charge in [0.15, 0.2) is 6.20 Å². The van der Waals surface area contributed by atoms with E-state index < -0.39 is 0 Å². The Kier molecular flexibility index (Phi) is 2.72. The van der Waals surface area contributed by atoms with Gasteiger partial charge in [-0.3, -0.25) is 0 Å². The van der Waals surface area contributed by atoms with Crippen molar-refractivity contribution in [1.29, 1.82) is 0 Å². The summed E-state index contributed by atoms with van der Waals surface area (Å²) >= 11 is 0. The van der Waals surface area contributed by atoms with Crippen LogP contribution in [0.25, 0.3) is 38.1 Å². The SMILES string of the molecule is CC[n+]1cc2c(c(C)n3c4ccccc4ccc23)c2ccccc21. The molecule has 2 nitrogen and oxygen atoms in total. The Morgan fingerprint density at radius 1 is 0.833 bits per heavy atom. The lowest BCUT2D eigenvalue weighted by Crippen LogP contribution is -2.32. The number of fused-ring (bicyclic) bond motifs is 7. The third-order valence-electron chi connectivity index (χ3n) is 5.19. The van der Waals surface area contributed by atoms with Crippen LogP contribution in [0.5, 0.6) is 0 Å². The fourth-order valence-electron chi connectivity index (χ4n) is 4.10. The number of pyridine rings is 2. The lowest BCUT2D eigenvalue weighted by atomic mass is 10.1. The van der Waals surface area contributed by atoms with Crippen molar-refractivity contribution in [2.24, 2.45) is 0 Å². The van der Waals surface area contributed by atoms with E-state index in [9.17, 15) is 0 Å². The monoisotopic (exact) mass is 311 g/mol. The van der Waals surface area contributed by atoms with Gasteiger partial charge in [-0.1, -0.05) is 36.4 Å². The van der Waals surface area contributed by atoms with Crippen LogP contribution in [0.2, 0.25) is 0 Å². The maximum atomic E-state index is 2.41. The van der Waals surface area contributed by atoms with E-state index in [-0.39, 0.29) is 0 Å². The van der Waals surface area contributed by atoms with Gasteiger partial charge in [0, 0.05) is 17.1 Å². The molecule has 0 N–H and O–H groups in total. The predicted octanol–water partition coefficient (Wildman–Crippen LogP) is 5.01. The van der Waals surface area contributed by atoms with Gasteiger partial charge in [-0.25, -0.2) is 0 Å². The Labute approximate surface area is 140 Å². The normalized spacial score (nSPS) is 11.9. The van der Waals surface area contributed by atoms with Gasteiger partial charge in [0.25, 0.3) is 0 Å². The minimum atomic E-state index is 0.973. The molecule has 0 saturated heterocycles. The fraction of sp³-hybridized carbons (Fsp3) is 0.136. The number of hydrogen-bond donors (Lipinski definition) is 0. The van der Waals surface area contributed by atoms with E-state index >= 15 is 0 Å². The Hall–Kier alpha value is -2.87. The molecule has 2 heteroatoms. The summed E-state index contributed by atoms with van der Waals surface area (Å²) in [6, 6.07) is 21.8. The molecular formula is C22H19N2+. The second kappa shape index (κ2) is 4.81. The maximum absolute atomic E-state index is 2.41. The molecule has 3 heterocycles. The molecule has 0 saturated carbocycles. The summed E-state index contributed by atoms with van der Waals surface area (Å²) in [6.45, 7) is 5.42. The molecule has 0 spiro atoms. The average Bonchev–Trinajstić information content (AvgIpc) is 2.94. The smallest absolute Gasteiger partial charge is 0.213 e. The molecular weight excluding hydrogens is 292 g/mol. The highest BCUT2D eigenvalue weighted by Gasteiger charge is 2.19. The predicted molar refractivity (Wildman–Crippen MR) is 101 cm³/mol. The molecule has 0 bridgehead atoms. The number of aromatic nitrogens is 2. The molecule has 0 aliphatic rings. The average molecular weight is 311 g/mol. The number of para-hydroxylation sites is 2. The first-order valence-electron chi connectivity index (χ1n) is 8.53. The van der Waals surface area contributed by atoms with Crippen molar-refractivity contribution >= 4 is 38.1 Å². The van der Waals surface area contributed by atoms with Gasteiger partial charge >= 0.3 is 0 Å². The quantitative estimate of drug-likeness (QED) is 0.384. The zero-order valence-electron chi connectivity index (χ0n) is 14.0. The van der Waals surface area contributed by atoms with Crippen molar-refractivity contribution < 1.29 is 4.57 Å². The van der Waals surface area contributed by atoms with Gasteiger partial charge in [-0.2, -0.15) is 4.57 Å². The first kappa shape index (κ1) is 13.6. The molecule has 0 aliphatic heterocycles. The highest BCUT2D eigenvalue weighted by atomic mass is 15.0. The summed E-state index contributed by atoms with van der Waals surface area (Å²) in [4.78, 5) is 0. The third kappa shape index (κ3) is 1.63. The number of hydrogen-bond acceptors (Lipinski definition) is 0. The van der Waals surface area contributed by atoms with Crippen LogP contribution in [0.1, 0.15) is 12.6 Å². The summed E-state index contributed by atoms with van der Waals surface area (Å²) < 4.78 is 4.76. The van der Waals surface area contributed by atoms with E-state index in [1.807, 2.05) is 0 Å². The van der Waals surface area contributed by atoms with Crippen molar-refractivity contribution in [2.45, 2.75) is 20.4 Å². The minimum absolute atomic E-state index is 0.973. The molecule has 0 atom stereocenters. The highest BCUT2D eigenvalue weighted by molar-refractivity contribution is 6.13. The van der Waals surface area contributed by atoms with Gasteiger partial charge in [0.2, 0.25) is 5.52 Å². The number of benzene rings is 2. The lowest BCUT2D eigenvalue weighted by molar-refractivity contribution is -0.666. The molecule has 0 unspecified atom stereocenters. The Balaban J connectivity index is 2.13. The fourth-order valence-corrected chi connectivity index (χ4v) is 4.10. The van der Waals surface area contributed by atoms with E-state index in [4.69, 9.17) is 0 Å². The second-order valence-electron chi connectivity index (χ2n) is 6.42. The first-order chi connectivity index (χ1) is 11.8. The first-order valence-corrected chi connectivity index (χ1v) is 8.53. The van der Waals surface area contributed by atoms with Gasteiger partial charge in [0.1, 0.15) is 6.54 Å². The molecule has 0 fully saturated rings. The summed E-state index contributed by atoms with van der Waals surface area (Å²) in [5.74, 6) is 0. The second-order valence-corrected chi connectivity index (χ2v) is 6.42. The molecule has 24 heavy (non-hydrogen) atoms. The summed E-state index contributed by atoms with van der Waals surface area (Å²) in [6.07, 6.45) is 2.31. The Morgan fingerprint density at radius 2 is 1.62 bits per heavy atom. The Bertz CT molecular complexity index is 1240. The van der Waals surface area contributed by atoms with Crippen LogP contribution in [-0.2, 0) is 6.54 Å². The van der Waals surface area contributed by atoms with Gasteiger partial charge in [0.05, 0.1) is 21.8 Å². The van der Waals surface area contributed by atoms with E-state index in [1.165, 1.54) is 43.8 Å². The summed E-state index contributed by atoms with van der Waals surface area (Å²) in [5, 5.41) is 5.31. The zero-order chi connectivity index (χ0) is 16.3. The Morgan fingerprint density at radius 3 is 2.50 bits per heavy atom. The van der Waals surface area contributed by atoms with Crippen molar-refractivity contribution in [2.75, 3.05) is 0 Å². The van der Waals surface area contributed by atoms with Crippen LogP contribution in [0.3, 0.4) is 0 Å².